The molecule has 2 atom stereocenters. The van der Waals surface area contributed by atoms with Gasteiger partial charge in [0.1, 0.15) is 5.69 Å². The summed E-state index contributed by atoms with van der Waals surface area (Å²) in [7, 11) is 3.52. The number of hydrogen-bond acceptors (Lipinski definition) is 6. The van der Waals surface area contributed by atoms with Crippen LogP contribution in [0.4, 0.5) is 10.7 Å². The molecule has 36 heavy (non-hydrogen) atoms. The molecule has 4 aromatic rings. The maximum absolute atomic E-state index is 13.1. The standard InChI is InChI=1S/C29H30N4O3/c1-21(27(34)24-17-11-6-12-18-24)33(3)29(35)36-25-19-30-28(31-26(25)23-15-9-5-10-16-23)32(2)20-22-13-7-4-8-14-22/h4-19,21,27,34H,20H2,1-3H3. The molecule has 0 aliphatic carbocycles. The second-order valence-electron chi connectivity index (χ2n) is 8.67. The molecule has 1 N–H and O–H groups in total. The lowest BCUT2D eigenvalue weighted by Gasteiger charge is -2.28. The van der Waals surface area contributed by atoms with Crippen LogP contribution in [0.1, 0.15) is 24.2 Å². The van der Waals surface area contributed by atoms with E-state index in [4.69, 9.17) is 9.72 Å². The van der Waals surface area contributed by atoms with Crippen LogP contribution < -0.4 is 9.64 Å². The number of benzene rings is 3. The molecule has 184 valence electrons. The Labute approximate surface area is 211 Å². The summed E-state index contributed by atoms with van der Waals surface area (Å²) in [4.78, 5) is 25.6. The number of amides is 1. The highest BCUT2D eigenvalue weighted by atomic mass is 16.6. The van der Waals surface area contributed by atoms with Crippen LogP contribution in [0.3, 0.4) is 0 Å². The van der Waals surface area contributed by atoms with Crippen LogP contribution in [0.15, 0.2) is 97.2 Å². The van der Waals surface area contributed by atoms with Gasteiger partial charge in [0.15, 0.2) is 5.75 Å². The first kappa shape index (κ1) is 24.9. The molecule has 1 heterocycles. The Morgan fingerprint density at radius 1 is 0.917 bits per heavy atom. The average Bonchev–Trinajstić information content (AvgIpc) is 2.93. The fourth-order valence-corrected chi connectivity index (χ4v) is 3.82. The summed E-state index contributed by atoms with van der Waals surface area (Å²) in [6, 6.07) is 28.3. The fourth-order valence-electron chi connectivity index (χ4n) is 3.82. The molecule has 0 aliphatic rings. The van der Waals surface area contributed by atoms with Crippen LogP contribution in [0.2, 0.25) is 0 Å². The number of ether oxygens (including phenoxy) is 1. The highest BCUT2D eigenvalue weighted by Gasteiger charge is 2.26. The molecule has 0 aliphatic heterocycles. The second-order valence-corrected chi connectivity index (χ2v) is 8.67. The van der Waals surface area contributed by atoms with Gasteiger partial charge in [0.05, 0.1) is 18.3 Å². The van der Waals surface area contributed by atoms with Gasteiger partial charge in [0.25, 0.3) is 0 Å². The van der Waals surface area contributed by atoms with E-state index in [0.29, 0.717) is 18.2 Å². The normalized spacial score (nSPS) is 12.4. The monoisotopic (exact) mass is 482 g/mol. The predicted molar refractivity (Wildman–Crippen MR) is 141 cm³/mol. The van der Waals surface area contributed by atoms with Gasteiger partial charge in [-0.2, -0.15) is 0 Å². The van der Waals surface area contributed by atoms with Gasteiger partial charge in [0, 0.05) is 26.2 Å². The van der Waals surface area contributed by atoms with Crippen molar-refractivity contribution in [1.29, 1.82) is 0 Å². The van der Waals surface area contributed by atoms with E-state index in [1.165, 1.54) is 11.1 Å². The van der Waals surface area contributed by atoms with Crippen LogP contribution >= 0.6 is 0 Å². The third-order valence-electron chi connectivity index (χ3n) is 6.09. The van der Waals surface area contributed by atoms with Gasteiger partial charge < -0.3 is 19.6 Å². The lowest BCUT2D eigenvalue weighted by Crippen LogP contribution is -2.40. The molecule has 2 unspecified atom stereocenters. The minimum absolute atomic E-state index is 0.247. The summed E-state index contributed by atoms with van der Waals surface area (Å²) in [5.74, 6) is 0.759. The van der Waals surface area contributed by atoms with Gasteiger partial charge in [-0.15, -0.1) is 0 Å². The van der Waals surface area contributed by atoms with Crippen molar-refractivity contribution < 1.29 is 14.6 Å². The van der Waals surface area contributed by atoms with E-state index in [2.05, 4.69) is 4.98 Å². The summed E-state index contributed by atoms with van der Waals surface area (Å²) in [6.45, 7) is 2.40. The van der Waals surface area contributed by atoms with E-state index in [0.717, 1.165) is 16.7 Å². The van der Waals surface area contributed by atoms with Crippen molar-refractivity contribution >= 4 is 12.0 Å². The Morgan fingerprint density at radius 3 is 2.14 bits per heavy atom. The van der Waals surface area contributed by atoms with E-state index in [9.17, 15) is 9.90 Å². The maximum Gasteiger partial charge on any atom is 0.415 e. The molecule has 1 amide bonds. The highest BCUT2D eigenvalue weighted by molar-refractivity contribution is 5.75. The molecule has 0 spiro atoms. The number of aromatic nitrogens is 2. The van der Waals surface area contributed by atoms with Crippen LogP contribution in [-0.4, -0.2) is 46.2 Å². The molecule has 7 nitrogen and oxygen atoms in total. The van der Waals surface area contributed by atoms with Crippen molar-refractivity contribution in [3.8, 4) is 17.0 Å². The van der Waals surface area contributed by atoms with E-state index in [1.54, 1.807) is 14.0 Å². The van der Waals surface area contributed by atoms with Crippen LogP contribution in [0.5, 0.6) is 5.75 Å². The summed E-state index contributed by atoms with van der Waals surface area (Å²) >= 11 is 0. The molecular formula is C29H30N4O3. The van der Waals surface area contributed by atoms with E-state index < -0.39 is 18.2 Å². The third kappa shape index (κ3) is 5.87. The number of anilines is 1. The number of carbonyl (C=O) groups is 1. The zero-order chi connectivity index (χ0) is 25.5. The smallest absolute Gasteiger partial charge is 0.406 e. The van der Waals surface area contributed by atoms with Gasteiger partial charge in [-0.1, -0.05) is 91.0 Å². The van der Waals surface area contributed by atoms with Crippen molar-refractivity contribution in [2.45, 2.75) is 25.6 Å². The quantitative estimate of drug-likeness (QED) is 0.366. The van der Waals surface area contributed by atoms with Gasteiger partial charge in [-0.3, -0.25) is 0 Å². The first-order chi connectivity index (χ1) is 17.4. The Kier molecular flexibility index (Phi) is 7.92. The van der Waals surface area contributed by atoms with Crippen molar-refractivity contribution in [2.24, 2.45) is 0 Å². The zero-order valence-corrected chi connectivity index (χ0v) is 20.7. The van der Waals surface area contributed by atoms with Gasteiger partial charge >= 0.3 is 6.09 Å². The number of aliphatic hydroxyl groups excluding tert-OH is 1. The number of nitrogens with zero attached hydrogens (tertiary/aromatic N) is 4. The first-order valence-corrected chi connectivity index (χ1v) is 11.8. The predicted octanol–water partition coefficient (Wildman–Crippen LogP) is 5.33. The Balaban J connectivity index is 1.56. The van der Waals surface area contributed by atoms with E-state index in [-0.39, 0.29) is 5.75 Å². The highest BCUT2D eigenvalue weighted by Crippen LogP contribution is 2.30. The molecule has 1 aromatic heterocycles. The number of aliphatic hydroxyl groups is 1. The number of carbonyl (C=O) groups excluding carboxylic acids is 1. The maximum atomic E-state index is 13.1. The second kappa shape index (κ2) is 11.5. The summed E-state index contributed by atoms with van der Waals surface area (Å²) in [5.41, 5.74) is 3.17. The Bertz CT molecular complexity index is 1270. The van der Waals surface area contributed by atoms with Gasteiger partial charge in [-0.25, -0.2) is 14.8 Å². The minimum Gasteiger partial charge on any atom is -0.406 e. The molecule has 7 heteroatoms. The number of hydrogen-bond donors (Lipinski definition) is 1. The number of rotatable bonds is 8. The lowest BCUT2D eigenvalue weighted by atomic mass is 10.0. The molecule has 0 saturated heterocycles. The Hall–Kier alpha value is -4.23. The lowest BCUT2D eigenvalue weighted by molar-refractivity contribution is 0.0707. The molecule has 0 radical (unpaired) electrons. The van der Waals surface area contributed by atoms with Crippen molar-refractivity contribution in [3.05, 3.63) is 108 Å². The van der Waals surface area contributed by atoms with Crippen molar-refractivity contribution in [1.82, 2.24) is 14.9 Å². The number of likely N-dealkylation sites (N-methyl/N-ethyl adjacent to an activating group) is 1. The zero-order valence-electron chi connectivity index (χ0n) is 20.7. The average molecular weight is 483 g/mol. The van der Waals surface area contributed by atoms with Crippen molar-refractivity contribution in [3.63, 3.8) is 0 Å². The van der Waals surface area contributed by atoms with Crippen LogP contribution in [0, 0.1) is 0 Å². The molecule has 4 rings (SSSR count). The van der Waals surface area contributed by atoms with Crippen LogP contribution in [0.25, 0.3) is 11.3 Å². The molecular weight excluding hydrogens is 452 g/mol. The van der Waals surface area contributed by atoms with E-state index >= 15 is 0 Å². The molecule has 0 fully saturated rings. The largest absolute Gasteiger partial charge is 0.415 e. The minimum atomic E-state index is -0.859. The van der Waals surface area contributed by atoms with Gasteiger partial charge in [-0.05, 0) is 18.1 Å². The van der Waals surface area contributed by atoms with Gasteiger partial charge in [0.2, 0.25) is 5.95 Å². The third-order valence-corrected chi connectivity index (χ3v) is 6.09. The molecule has 3 aromatic carbocycles. The Morgan fingerprint density at radius 2 is 1.50 bits per heavy atom. The topological polar surface area (TPSA) is 78.8 Å². The van der Waals surface area contributed by atoms with Crippen molar-refractivity contribution in [2.75, 3.05) is 19.0 Å². The fraction of sp³-hybridized carbons (Fsp3) is 0.207. The first-order valence-electron chi connectivity index (χ1n) is 11.8. The summed E-state index contributed by atoms with van der Waals surface area (Å²) in [6.07, 6.45) is 0.0576. The molecule has 0 saturated carbocycles. The molecule has 0 bridgehead atoms. The summed E-state index contributed by atoms with van der Waals surface area (Å²) < 4.78 is 5.75. The van der Waals surface area contributed by atoms with Crippen LogP contribution in [-0.2, 0) is 6.54 Å². The van der Waals surface area contributed by atoms with E-state index in [1.807, 2.05) is 103 Å². The summed E-state index contributed by atoms with van der Waals surface area (Å²) in [5, 5.41) is 10.7. The SMILES string of the molecule is CC(C(O)c1ccccc1)N(C)C(=O)Oc1cnc(N(C)Cc2ccccc2)nc1-c1ccccc1.